The summed E-state index contributed by atoms with van der Waals surface area (Å²) in [5, 5.41) is 12.6. The number of nitrogens with zero attached hydrogens (tertiary/aromatic N) is 3. The van der Waals surface area contributed by atoms with E-state index < -0.39 is 0 Å². The van der Waals surface area contributed by atoms with Crippen LogP contribution < -0.4 is 5.32 Å². The average molecular weight is 301 g/mol. The van der Waals surface area contributed by atoms with Gasteiger partial charge in [-0.05, 0) is 36.9 Å². The largest absolute Gasteiger partial charge is 0.373 e. The monoisotopic (exact) mass is 300 g/mol. The van der Waals surface area contributed by atoms with E-state index in [0.717, 1.165) is 23.6 Å². The number of nitriles is 1. The number of rotatable bonds is 5. The van der Waals surface area contributed by atoms with E-state index in [-0.39, 0.29) is 0 Å². The summed E-state index contributed by atoms with van der Waals surface area (Å²) < 4.78 is 0. The van der Waals surface area contributed by atoms with E-state index in [0.29, 0.717) is 17.1 Å². The van der Waals surface area contributed by atoms with Gasteiger partial charge in [0.1, 0.15) is 5.82 Å². The number of hydrogen-bond donors (Lipinski definition) is 1. The maximum Gasteiger partial charge on any atom is 0.126 e. The lowest BCUT2D eigenvalue weighted by molar-refractivity contribution is 0.315. The fourth-order valence-electron chi connectivity index (χ4n) is 2.10. The Morgan fingerprint density at radius 1 is 1.29 bits per heavy atom. The van der Waals surface area contributed by atoms with Crippen molar-refractivity contribution in [3.63, 3.8) is 0 Å². The van der Waals surface area contributed by atoms with Crippen LogP contribution in [0.2, 0.25) is 5.02 Å². The first-order chi connectivity index (χ1) is 10.1. The predicted molar refractivity (Wildman–Crippen MR) is 85.1 cm³/mol. The number of anilines is 1. The van der Waals surface area contributed by atoms with Gasteiger partial charge in [0.15, 0.2) is 0 Å². The summed E-state index contributed by atoms with van der Waals surface area (Å²) in [5.41, 5.74) is 2.61. The highest BCUT2D eigenvalue weighted by molar-refractivity contribution is 6.31. The van der Waals surface area contributed by atoms with E-state index in [1.165, 1.54) is 0 Å². The van der Waals surface area contributed by atoms with E-state index in [1.807, 2.05) is 44.4 Å². The first-order valence-electron chi connectivity index (χ1n) is 6.63. The van der Waals surface area contributed by atoms with Crippen molar-refractivity contribution in [3.05, 3.63) is 58.2 Å². The van der Waals surface area contributed by atoms with Crippen LogP contribution in [0.4, 0.5) is 5.82 Å². The van der Waals surface area contributed by atoms with E-state index in [4.69, 9.17) is 16.9 Å². The van der Waals surface area contributed by atoms with Crippen LogP contribution in [0.5, 0.6) is 0 Å². The number of pyridine rings is 1. The molecule has 1 N–H and O–H groups in total. The Morgan fingerprint density at radius 3 is 2.81 bits per heavy atom. The van der Waals surface area contributed by atoms with Crippen LogP contribution in [-0.2, 0) is 13.1 Å². The summed E-state index contributed by atoms with van der Waals surface area (Å²) in [4.78, 5) is 6.58. The first kappa shape index (κ1) is 15.3. The van der Waals surface area contributed by atoms with Crippen molar-refractivity contribution in [2.75, 3.05) is 19.4 Å². The van der Waals surface area contributed by atoms with Gasteiger partial charge in [-0.2, -0.15) is 5.26 Å². The molecule has 1 aromatic carbocycles. The molecule has 0 saturated carbocycles. The van der Waals surface area contributed by atoms with Crippen molar-refractivity contribution in [1.82, 2.24) is 9.88 Å². The van der Waals surface area contributed by atoms with Crippen molar-refractivity contribution < 1.29 is 0 Å². The Labute approximate surface area is 130 Å². The molecule has 0 aliphatic rings. The SMILES string of the molecule is CNc1ccc(Cl)c(CN(C)Cc2cccc(C#N)c2)n1. The van der Waals surface area contributed by atoms with Crippen LogP contribution in [0.1, 0.15) is 16.8 Å². The second kappa shape index (κ2) is 7.07. The lowest BCUT2D eigenvalue weighted by Crippen LogP contribution is -2.18. The lowest BCUT2D eigenvalue weighted by Gasteiger charge is -2.17. The van der Waals surface area contributed by atoms with Gasteiger partial charge >= 0.3 is 0 Å². The molecule has 0 atom stereocenters. The Balaban J connectivity index is 2.07. The molecule has 0 aliphatic heterocycles. The second-order valence-corrected chi connectivity index (χ2v) is 5.27. The van der Waals surface area contributed by atoms with Gasteiger partial charge in [-0.15, -0.1) is 0 Å². The average Bonchev–Trinajstić information content (AvgIpc) is 2.49. The molecule has 0 aliphatic carbocycles. The minimum absolute atomic E-state index is 0.644. The van der Waals surface area contributed by atoms with E-state index in [9.17, 15) is 0 Å². The normalized spacial score (nSPS) is 10.4. The second-order valence-electron chi connectivity index (χ2n) is 4.86. The molecule has 0 radical (unpaired) electrons. The van der Waals surface area contributed by atoms with Gasteiger partial charge in [0, 0.05) is 20.1 Å². The van der Waals surface area contributed by atoms with Crippen LogP contribution in [0.3, 0.4) is 0 Å². The zero-order chi connectivity index (χ0) is 15.2. The molecule has 0 fully saturated rings. The summed E-state index contributed by atoms with van der Waals surface area (Å²) in [5.74, 6) is 0.800. The smallest absolute Gasteiger partial charge is 0.126 e. The first-order valence-corrected chi connectivity index (χ1v) is 7.01. The summed E-state index contributed by atoms with van der Waals surface area (Å²) in [6, 6.07) is 13.5. The number of halogens is 1. The van der Waals surface area contributed by atoms with Gasteiger partial charge in [0.2, 0.25) is 0 Å². The van der Waals surface area contributed by atoms with Crippen molar-refractivity contribution in [1.29, 1.82) is 5.26 Å². The Kier molecular flexibility index (Phi) is 5.15. The third kappa shape index (κ3) is 4.19. The van der Waals surface area contributed by atoms with E-state index in [1.54, 1.807) is 6.07 Å². The van der Waals surface area contributed by atoms with Crippen LogP contribution in [-0.4, -0.2) is 24.0 Å². The van der Waals surface area contributed by atoms with Crippen molar-refractivity contribution in [2.45, 2.75) is 13.1 Å². The molecule has 1 aromatic heterocycles. The van der Waals surface area contributed by atoms with E-state index >= 15 is 0 Å². The molecule has 2 rings (SSSR count). The Morgan fingerprint density at radius 2 is 2.10 bits per heavy atom. The van der Waals surface area contributed by atoms with Gasteiger partial charge in [0.25, 0.3) is 0 Å². The highest BCUT2D eigenvalue weighted by atomic mass is 35.5. The third-order valence-corrected chi connectivity index (χ3v) is 3.45. The Hall–Kier alpha value is -2.09. The fourth-order valence-corrected chi connectivity index (χ4v) is 2.26. The summed E-state index contributed by atoms with van der Waals surface area (Å²) in [6.07, 6.45) is 0. The fraction of sp³-hybridized carbons (Fsp3) is 0.250. The minimum Gasteiger partial charge on any atom is -0.373 e. The minimum atomic E-state index is 0.644. The van der Waals surface area contributed by atoms with E-state index in [2.05, 4.69) is 21.3 Å². The molecule has 21 heavy (non-hydrogen) atoms. The maximum atomic E-state index is 8.93. The molecule has 0 saturated heterocycles. The maximum absolute atomic E-state index is 8.93. The summed E-state index contributed by atoms with van der Waals surface area (Å²) >= 11 is 6.19. The van der Waals surface area contributed by atoms with Gasteiger partial charge in [-0.3, -0.25) is 4.90 Å². The molecule has 0 unspecified atom stereocenters. The van der Waals surface area contributed by atoms with Gasteiger partial charge in [-0.25, -0.2) is 4.98 Å². The predicted octanol–water partition coefficient (Wildman–Crippen LogP) is 3.28. The standard InChI is InChI=1S/C16H17ClN4/c1-19-16-7-6-14(17)15(20-16)11-21(2)10-13-5-3-4-12(8-13)9-18/h3-8H,10-11H2,1-2H3,(H,19,20). The van der Waals surface area contributed by atoms with Crippen LogP contribution in [0.25, 0.3) is 0 Å². The quantitative estimate of drug-likeness (QED) is 0.920. The molecule has 0 spiro atoms. The van der Waals surface area contributed by atoms with Crippen LogP contribution in [0, 0.1) is 11.3 Å². The molecule has 108 valence electrons. The molecule has 2 aromatic rings. The van der Waals surface area contributed by atoms with Crippen LogP contribution >= 0.6 is 11.6 Å². The Bertz CT molecular complexity index is 664. The molecule has 5 heteroatoms. The topological polar surface area (TPSA) is 52.0 Å². The van der Waals surface area contributed by atoms with Crippen molar-refractivity contribution >= 4 is 17.4 Å². The zero-order valence-corrected chi connectivity index (χ0v) is 12.9. The molecular weight excluding hydrogens is 284 g/mol. The number of benzene rings is 1. The van der Waals surface area contributed by atoms with Crippen molar-refractivity contribution in [3.8, 4) is 6.07 Å². The zero-order valence-electron chi connectivity index (χ0n) is 12.1. The van der Waals surface area contributed by atoms with Gasteiger partial charge in [-0.1, -0.05) is 23.7 Å². The van der Waals surface area contributed by atoms with Gasteiger partial charge in [0.05, 0.1) is 22.3 Å². The molecule has 1 heterocycles. The molecule has 0 amide bonds. The summed E-state index contributed by atoms with van der Waals surface area (Å²) in [7, 11) is 3.83. The third-order valence-electron chi connectivity index (χ3n) is 3.10. The highest BCUT2D eigenvalue weighted by Gasteiger charge is 2.08. The number of hydrogen-bond acceptors (Lipinski definition) is 4. The van der Waals surface area contributed by atoms with Crippen LogP contribution in [0.15, 0.2) is 36.4 Å². The lowest BCUT2D eigenvalue weighted by atomic mass is 10.1. The number of aromatic nitrogens is 1. The summed E-state index contributed by atoms with van der Waals surface area (Å²) in [6.45, 7) is 1.38. The molecule has 4 nitrogen and oxygen atoms in total. The van der Waals surface area contributed by atoms with Gasteiger partial charge < -0.3 is 5.32 Å². The highest BCUT2D eigenvalue weighted by Crippen LogP contribution is 2.18. The number of nitrogens with one attached hydrogen (secondary N) is 1. The molecule has 0 bridgehead atoms. The molecular formula is C16H17ClN4. The van der Waals surface area contributed by atoms with Crippen molar-refractivity contribution in [2.24, 2.45) is 0 Å².